The smallest absolute Gasteiger partial charge is 0.320 e. The number of hydrogen-bond acceptors (Lipinski definition) is 3. The molecule has 114 valence electrons. The van der Waals surface area contributed by atoms with Crippen LogP contribution in [0.15, 0.2) is 36.4 Å². The number of ether oxygens (including phenoxy) is 1. The molecule has 1 aliphatic rings. The fraction of sp³-hybridized carbons (Fsp3) is 0.294. The number of anilines is 1. The third kappa shape index (κ3) is 2.88. The van der Waals surface area contributed by atoms with Gasteiger partial charge in [-0.15, -0.1) is 0 Å². The first-order valence-electron chi connectivity index (χ1n) is 7.31. The van der Waals surface area contributed by atoms with Gasteiger partial charge in [-0.2, -0.15) is 0 Å². The van der Waals surface area contributed by atoms with Crippen LogP contribution in [0.5, 0.6) is 5.75 Å². The Morgan fingerprint density at radius 2 is 2.14 bits per heavy atom. The maximum Gasteiger partial charge on any atom is 0.320 e. The van der Waals surface area contributed by atoms with Crippen LogP contribution in [0, 0.1) is 6.92 Å². The van der Waals surface area contributed by atoms with E-state index in [2.05, 4.69) is 27.8 Å². The van der Waals surface area contributed by atoms with Gasteiger partial charge < -0.3 is 10.1 Å². The number of nitrogens with one attached hydrogen (secondary N) is 2. The zero-order chi connectivity index (χ0) is 15.5. The number of hydrogen-bond donors (Lipinski definition) is 2. The fourth-order valence-corrected chi connectivity index (χ4v) is 2.71. The lowest BCUT2D eigenvalue weighted by Crippen LogP contribution is -2.36. The van der Waals surface area contributed by atoms with Crippen LogP contribution >= 0.6 is 0 Å². The maximum absolute atomic E-state index is 12.0. The molecule has 1 aromatic heterocycles. The minimum absolute atomic E-state index is 0.263. The summed E-state index contributed by atoms with van der Waals surface area (Å²) in [6.45, 7) is 2.49. The molecule has 5 nitrogen and oxygen atoms in total. The van der Waals surface area contributed by atoms with Crippen LogP contribution in [-0.2, 0) is 6.42 Å². The van der Waals surface area contributed by atoms with E-state index in [1.807, 2.05) is 25.1 Å². The molecule has 5 heteroatoms. The standard InChI is InChI=1S/C17H19N3O2/c1-11-7-8-15(22-2)16(19-11)20-17(21)18-10-13-9-12-5-3-4-6-14(12)13/h3-8,13H,9-10H2,1-2H3,(H2,18,19,20,21)/t13-/m0/s1. The first kappa shape index (κ1) is 14.4. The van der Waals surface area contributed by atoms with E-state index in [1.54, 1.807) is 13.2 Å². The Morgan fingerprint density at radius 1 is 1.32 bits per heavy atom. The van der Waals surface area contributed by atoms with Crippen molar-refractivity contribution in [3.05, 3.63) is 53.2 Å². The van der Waals surface area contributed by atoms with Gasteiger partial charge in [-0.05, 0) is 36.6 Å². The van der Waals surface area contributed by atoms with Crippen molar-refractivity contribution >= 4 is 11.8 Å². The predicted molar refractivity (Wildman–Crippen MR) is 85.4 cm³/mol. The van der Waals surface area contributed by atoms with Crippen molar-refractivity contribution in [3.63, 3.8) is 0 Å². The highest BCUT2D eigenvalue weighted by atomic mass is 16.5. The van der Waals surface area contributed by atoms with Crippen molar-refractivity contribution in [2.45, 2.75) is 19.3 Å². The normalized spacial score (nSPS) is 15.5. The van der Waals surface area contributed by atoms with Gasteiger partial charge in [0.15, 0.2) is 11.6 Å². The highest BCUT2D eigenvalue weighted by molar-refractivity contribution is 5.89. The van der Waals surface area contributed by atoms with E-state index >= 15 is 0 Å². The highest BCUT2D eigenvalue weighted by Gasteiger charge is 2.25. The number of methoxy groups -OCH3 is 1. The molecular formula is C17H19N3O2. The first-order chi connectivity index (χ1) is 10.7. The lowest BCUT2D eigenvalue weighted by atomic mass is 9.78. The van der Waals surface area contributed by atoms with Gasteiger partial charge in [-0.1, -0.05) is 24.3 Å². The number of amides is 2. The summed E-state index contributed by atoms with van der Waals surface area (Å²) in [7, 11) is 1.56. The minimum Gasteiger partial charge on any atom is -0.493 e. The number of nitrogens with zero attached hydrogens (tertiary/aromatic N) is 1. The first-order valence-corrected chi connectivity index (χ1v) is 7.31. The maximum atomic E-state index is 12.0. The van der Waals surface area contributed by atoms with Gasteiger partial charge in [-0.25, -0.2) is 9.78 Å². The SMILES string of the molecule is COc1ccc(C)nc1NC(=O)NC[C@@H]1Cc2ccccc21. The molecule has 3 rings (SSSR count). The van der Waals surface area contributed by atoms with Gasteiger partial charge >= 0.3 is 6.03 Å². The summed E-state index contributed by atoms with van der Waals surface area (Å²) in [5.74, 6) is 1.39. The summed E-state index contributed by atoms with van der Waals surface area (Å²) in [4.78, 5) is 16.3. The second-order valence-corrected chi connectivity index (χ2v) is 5.44. The molecule has 1 aromatic carbocycles. The Labute approximate surface area is 129 Å². The molecular weight excluding hydrogens is 278 g/mol. The largest absolute Gasteiger partial charge is 0.493 e. The Bertz CT molecular complexity index is 700. The topological polar surface area (TPSA) is 63.2 Å². The third-order valence-corrected chi connectivity index (χ3v) is 3.92. The summed E-state index contributed by atoms with van der Waals surface area (Å²) >= 11 is 0. The average molecular weight is 297 g/mol. The van der Waals surface area contributed by atoms with Crippen molar-refractivity contribution in [3.8, 4) is 5.75 Å². The number of urea groups is 1. The molecule has 0 saturated carbocycles. The lowest BCUT2D eigenvalue weighted by molar-refractivity contribution is 0.251. The lowest BCUT2D eigenvalue weighted by Gasteiger charge is -2.30. The van der Waals surface area contributed by atoms with Crippen LogP contribution in [0.4, 0.5) is 10.6 Å². The Morgan fingerprint density at radius 3 is 2.91 bits per heavy atom. The fourth-order valence-electron chi connectivity index (χ4n) is 2.71. The molecule has 1 aliphatic carbocycles. The van der Waals surface area contributed by atoms with Crippen LogP contribution in [-0.4, -0.2) is 24.7 Å². The summed E-state index contributed by atoms with van der Waals surface area (Å²) < 4.78 is 5.20. The number of benzene rings is 1. The number of aromatic nitrogens is 1. The van der Waals surface area contributed by atoms with Crippen molar-refractivity contribution in [2.24, 2.45) is 0 Å². The van der Waals surface area contributed by atoms with Gasteiger partial charge in [0.2, 0.25) is 0 Å². The number of rotatable bonds is 4. The molecule has 2 amide bonds. The Hall–Kier alpha value is -2.56. The second-order valence-electron chi connectivity index (χ2n) is 5.44. The van der Waals surface area contributed by atoms with Gasteiger partial charge in [0.1, 0.15) is 0 Å². The van der Waals surface area contributed by atoms with Crippen molar-refractivity contribution in [2.75, 3.05) is 19.0 Å². The molecule has 1 heterocycles. The van der Waals surface area contributed by atoms with Crippen LogP contribution in [0.1, 0.15) is 22.7 Å². The molecule has 0 spiro atoms. The number of carbonyl (C=O) groups excluding carboxylic acids is 1. The molecule has 0 unspecified atom stereocenters. The second kappa shape index (κ2) is 6.05. The quantitative estimate of drug-likeness (QED) is 0.912. The molecule has 0 radical (unpaired) electrons. The van der Waals surface area contributed by atoms with Crippen molar-refractivity contribution in [1.82, 2.24) is 10.3 Å². The summed E-state index contributed by atoms with van der Waals surface area (Å²) in [5.41, 5.74) is 3.52. The number of aryl methyl sites for hydroxylation is 1. The molecule has 0 saturated heterocycles. The molecule has 1 atom stereocenters. The Kier molecular flexibility index (Phi) is 3.96. The van der Waals surface area contributed by atoms with Crippen LogP contribution < -0.4 is 15.4 Å². The summed E-state index contributed by atoms with van der Waals surface area (Å²) in [5, 5.41) is 5.64. The van der Waals surface area contributed by atoms with E-state index in [0.717, 1.165) is 12.1 Å². The van der Waals surface area contributed by atoms with Gasteiger partial charge in [0, 0.05) is 18.2 Å². The number of carbonyl (C=O) groups is 1. The van der Waals surface area contributed by atoms with Crippen LogP contribution in [0.3, 0.4) is 0 Å². The molecule has 0 fully saturated rings. The zero-order valence-electron chi connectivity index (χ0n) is 12.7. The summed E-state index contributed by atoms with van der Waals surface area (Å²) in [6.07, 6.45) is 1.02. The Balaban J connectivity index is 1.57. The van der Waals surface area contributed by atoms with E-state index in [0.29, 0.717) is 24.0 Å². The van der Waals surface area contributed by atoms with Crippen molar-refractivity contribution in [1.29, 1.82) is 0 Å². The third-order valence-electron chi connectivity index (χ3n) is 3.92. The van der Waals surface area contributed by atoms with Gasteiger partial charge in [-0.3, -0.25) is 5.32 Å². The van der Waals surface area contributed by atoms with E-state index in [1.165, 1.54) is 11.1 Å². The van der Waals surface area contributed by atoms with E-state index in [9.17, 15) is 4.79 Å². The van der Waals surface area contributed by atoms with Gasteiger partial charge in [0.25, 0.3) is 0 Å². The van der Waals surface area contributed by atoms with Crippen LogP contribution in [0.2, 0.25) is 0 Å². The number of fused-ring (bicyclic) bond motifs is 1. The average Bonchev–Trinajstić information content (AvgIpc) is 2.48. The summed E-state index contributed by atoms with van der Waals surface area (Å²) in [6, 6.07) is 11.7. The monoisotopic (exact) mass is 297 g/mol. The van der Waals surface area contributed by atoms with Gasteiger partial charge in [0.05, 0.1) is 7.11 Å². The molecule has 2 aromatic rings. The van der Waals surface area contributed by atoms with E-state index in [4.69, 9.17) is 4.74 Å². The zero-order valence-corrected chi connectivity index (χ0v) is 12.7. The van der Waals surface area contributed by atoms with E-state index < -0.39 is 0 Å². The molecule has 22 heavy (non-hydrogen) atoms. The minimum atomic E-state index is -0.263. The molecule has 0 bridgehead atoms. The van der Waals surface area contributed by atoms with Crippen LogP contribution in [0.25, 0.3) is 0 Å². The molecule has 0 aliphatic heterocycles. The predicted octanol–water partition coefficient (Wildman–Crippen LogP) is 2.86. The van der Waals surface area contributed by atoms with E-state index in [-0.39, 0.29) is 6.03 Å². The van der Waals surface area contributed by atoms with Crippen molar-refractivity contribution < 1.29 is 9.53 Å². The molecule has 2 N–H and O–H groups in total. The highest BCUT2D eigenvalue weighted by Crippen LogP contribution is 2.34. The number of pyridine rings is 1.